The summed E-state index contributed by atoms with van der Waals surface area (Å²) in [5, 5.41) is 32.5. The topological polar surface area (TPSA) is 619 Å². The second-order valence-electron chi connectivity index (χ2n) is 22.8. The maximum atomic E-state index is 14.6. The molecule has 0 unspecified atom stereocenters. The summed E-state index contributed by atoms with van der Waals surface area (Å²) in [5.41, 5.74) is 68.3. The van der Waals surface area contributed by atoms with Crippen LogP contribution in [0.4, 0.5) is 0 Å². The Bertz CT molecular complexity index is 2490. The van der Waals surface area contributed by atoms with E-state index >= 15 is 0 Å². The summed E-state index contributed by atoms with van der Waals surface area (Å²) in [7, 11) is 0. The molecule has 1 aliphatic carbocycles. The zero-order chi connectivity index (χ0) is 67.7. The molecular weight excluding hydrogens is 1180 g/mol. The molecule has 0 aliphatic heterocycles. The second-order valence-corrected chi connectivity index (χ2v) is 22.8. The molecule has 0 bridgehead atoms. The highest BCUT2D eigenvalue weighted by atomic mass is 16.3. The number of nitrogens with one attached hydrogen (secondary N) is 8. The van der Waals surface area contributed by atoms with E-state index in [2.05, 4.69) is 57.5 Å². The van der Waals surface area contributed by atoms with E-state index < -0.39 is 113 Å². The summed E-state index contributed by atoms with van der Waals surface area (Å²) in [6.07, 6.45) is 6.92. The predicted octanol–water partition coefficient (Wildman–Crippen LogP) is -5.51. The van der Waals surface area contributed by atoms with Crippen molar-refractivity contribution in [2.24, 2.45) is 89.7 Å². The van der Waals surface area contributed by atoms with E-state index in [0.29, 0.717) is 95.8 Å². The van der Waals surface area contributed by atoms with Gasteiger partial charge in [0.25, 0.3) is 0 Å². The van der Waals surface area contributed by atoms with Gasteiger partial charge in [-0.1, -0.05) is 12.1 Å². The number of hydrogen-bond acceptors (Lipinski definition) is 18. The van der Waals surface area contributed by atoms with Crippen LogP contribution in [0.1, 0.15) is 147 Å². The molecule has 0 heterocycles. The van der Waals surface area contributed by atoms with Crippen LogP contribution in [-0.4, -0.2) is 176 Å². The summed E-state index contributed by atoms with van der Waals surface area (Å²) in [6.45, 7) is 1.78. The molecule has 9 amide bonds. The Labute approximate surface area is 533 Å². The highest BCUT2D eigenvalue weighted by molar-refractivity contribution is 5.97. The van der Waals surface area contributed by atoms with E-state index in [-0.39, 0.29) is 127 Å². The first-order valence-electron chi connectivity index (χ1n) is 31.6. The van der Waals surface area contributed by atoms with Crippen molar-refractivity contribution in [3.8, 4) is 5.75 Å². The minimum Gasteiger partial charge on any atom is -0.508 e. The Kier molecular flexibility index (Phi) is 39.2. The maximum absolute atomic E-state index is 14.6. The number of aliphatic imine (C=N–C) groups is 3. The summed E-state index contributed by atoms with van der Waals surface area (Å²) in [6, 6.07) is -3.66. The van der Waals surface area contributed by atoms with Gasteiger partial charge in [-0.05, 0) is 185 Å². The molecule has 1 aromatic rings. The average molecular weight is 1290 g/mol. The van der Waals surface area contributed by atoms with E-state index in [0.717, 1.165) is 0 Å². The summed E-state index contributed by atoms with van der Waals surface area (Å²) in [4.78, 5) is 137. The molecule has 0 radical (unpaired) electrons. The van der Waals surface area contributed by atoms with Crippen molar-refractivity contribution < 1.29 is 48.3 Å². The molecule has 1 fully saturated rings. The van der Waals surface area contributed by atoms with Crippen LogP contribution in [0.3, 0.4) is 0 Å². The van der Waals surface area contributed by atoms with E-state index in [4.69, 9.17) is 68.8 Å². The van der Waals surface area contributed by atoms with Gasteiger partial charge in [-0.25, -0.2) is 0 Å². The number of rotatable bonds is 47. The van der Waals surface area contributed by atoms with Crippen molar-refractivity contribution in [2.45, 2.75) is 202 Å². The van der Waals surface area contributed by atoms with Gasteiger partial charge in [-0.2, -0.15) is 0 Å². The molecule has 0 spiro atoms. The fourth-order valence-corrected chi connectivity index (χ4v) is 10.1. The van der Waals surface area contributed by atoms with Crippen LogP contribution < -0.4 is 111 Å². The minimum atomic E-state index is -1.33. The molecule has 91 heavy (non-hydrogen) atoms. The van der Waals surface area contributed by atoms with Gasteiger partial charge in [-0.3, -0.25) is 58.1 Å². The van der Waals surface area contributed by atoms with E-state index in [1.165, 1.54) is 12.1 Å². The first kappa shape index (κ1) is 79.0. The Balaban J connectivity index is 2.37. The minimum absolute atomic E-state index is 0.0425. The van der Waals surface area contributed by atoms with Crippen molar-refractivity contribution in [1.29, 1.82) is 0 Å². The number of benzene rings is 1. The number of guanidine groups is 3. The number of primary amides is 1. The first-order chi connectivity index (χ1) is 43.4. The SMILES string of the molecule is NCCCC[C@H](NC(=O)[C@H](CCCN=C(N)N)NC(=O)[C@H](CCCN=C(N)N)NC(=O)C1CCC(NC(=O)[C@H](CCCCN)NC(=O)[C@H](Cc2ccc(O)cc2)NC(=O)[C@H](CCCCN)NC(=O)[C@H](CCCCN)NC(=O)[C@@H](N)CCCN=C(N)N)CC1)C(N)=O. The van der Waals surface area contributed by atoms with E-state index in [1.54, 1.807) is 12.1 Å². The fraction of sp³-hybridized carbons (Fsp3) is 0.690. The summed E-state index contributed by atoms with van der Waals surface area (Å²) < 4.78 is 0. The number of carbonyl (C=O) groups is 9. The van der Waals surface area contributed by atoms with Gasteiger partial charge in [0.15, 0.2) is 17.9 Å². The lowest BCUT2D eigenvalue weighted by Gasteiger charge is -2.31. The van der Waals surface area contributed by atoms with Crippen LogP contribution in [0.2, 0.25) is 0 Å². The number of aromatic hydroxyl groups is 1. The molecule has 33 N–H and O–H groups in total. The van der Waals surface area contributed by atoms with Crippen molar-refractivity contribution in [3.05, 3.63) is 29.8 Å². The Morgan fingerprint density at radius 3 is 1.13 bits per heavy atom. The zero-order valence-corrected chi connectivity index (χ0v) is 52.7. The lowest BCUT2D eigenvalue weighted by molar-refractivity contribution is -0.135. The molecule has 1 aromatic carbocycles. The normalized spacial score (nSPS) is 16.2. The van der Waals surface area contributed by atoms with Crippen LogP contribution in [0, 0.1) is 5.92 Å². The Hall–Kier alpha value is -8.14. The van der Waals surface area contributed by atoms with Crippen LogP contribution >= 0.6 is 0 Å². The number of hydrogen-bond donors (Lipinski definition) is 21. The van der Waals surface area contributed by atoms with Gasteiger partial charge in [-0.15, -0.1) is 0 Å². The van der Waals surface area contributed by atoms with Gasteiger partial charge in [0.1, 0.15) is 48.0 Å². The molecule has 2 rings (SSSR count). The van der Waals surface area contributed by atoms with Gasteiger partial charge in [0.05, 0.1) is 6.04 Å². The summed E-state index contributed by atoms with van der Waals surface area (Å²) >= 11 is 0. The standard InChI is InChI=1S/C58H107N23O10/c59-27-5-1-13-40(47(64)83)75-51(87)45(18-11-33-73-58(69)70)79-53(89)44(17-10-32-72-57(67)68)76-48(84)36-21-23-37(24-22-36)74-50(86)41(14-2-6-28-60)80-55(91)46(34-35-19-25-38(82)26-20-35)81-54(90)43(16-4-8-30-62)78-52(88)42(15-3-7-29-61)77-49(85)39(63)12-9-31-71-56(65)66/h19-20,25-26,36-37,39-46,82H,1-18,21-24,27-34,59-63H2,(H2,64,83)(H,74,86)(H,75,87)(H,76,84)(H,77,85)(H,78,88)(H,79,89)(H,80,91)(H,81,90)(H4,65,66,71)(H4,67,68,72)(H4,69,70,73)/t36?,37?,39-,40-,41-,42-,43-,44-,45-,46-/m0/s1. The van der Waals surface area contributed by atoms with Crippen LogP contribution in [0.5, 0.6) is 5.75 Å². The smallest absolute Gasteiger partial charge is 0.243 e. The number of nitrogens with two attached hydrogens (primary N) is 12. The highest BCUT2D eigenvalue weighted by Gasteiger charge is 2.36. The first-order valence-corrected chi connectivity index (χ1v) is 31.6. The highest BCUT2D eigenvalue weighted by Crippen LogP contribution is 2.25. The third-order valence-electron chi connectivity index (χ3n) is 15.3. The third kappa shape index (κ3) is 33.5. The Morgan fingerprint density at radius 2 is 0.736 bits per heavy atom. The number of phenols is 1. The van der Waals surface area contributed by atoms with Crippen molar-refractivity contribution in [1.82, 2.24) is 42.5 Å². The van der Waals surface area contributed by atoms with Gasteiger partial charge >= 0.3 is 0 Å². The molecule has 33 nitrogen and oxygen atoms in total. The largest absolute Gasteiger partial charge is 0.508 e. The Morgan fingerprint density at radius 1 is 0.407 bits per heavy atom. The van der Waals surface area contributed by atoms with Crippen molar-refractivity contribution >= 4 is 71.0 Å². The molecule has 514 valence electrons. The molecule has 0 saturated heterocycles. The number of carbonyl (C=O) groups excluding carboxylic acids is 9. The number of amides is 9. The van der Waals surface area contributed by atoms with Crippen LogP contribution in [0.15, 0.2) is 39.2 Å². The predicted molar refractivity (Wildman–Crippen MR) is 348 cm³/mol. The number of nitrogens with zero attached hydrogens (tertiary/aromatic N) is 3. The maximum Gasteiger partial charge on any atom is 0.243 e. The number of phenolic OH excluding ortho intramolecular Hbond substituents is 1. The second kappa shape index (κ2) is 45.2. The molecule has 8 atom stereocenters. The summed E-state index contributed by atoms with van der Waals surface area (Å²) in [5.74, 6) is -6.97. The molecular formula is C58H107N23O10. The van der Waals surface area contributed by atoms with Crippen molar-refractivity contribution in [3.63, 3.8) is 0 Å². The zero-order valence-electron chi connectivity index (χ0n) is 52.7. The van der Waals surface area contributed by atoms with Crippen LogP contribution in [0.25, 0.3) is 0 Å². The third-order valence-corrected chi connectivity index (χ3v) is 15.3. The lowest BCUT2D eigenvalue weighted by Crippen LogP contribution is -2.59. The van der Waals surface area contributed by atoms with Gasteiger partial charge < -0.3 is 116 Å². The molecule has 1 aliphatic rings. The van der Waals surface area contributed by atoms with Crippen molar-refractivity contribution in [2.75, 3.05) is 45.8 Å². The van der Waals surface area contributed by atoms with Crippen LogP contribution in [-0.2, 0) is 49.6 Å². The fourth-order valence-electron chi connectivity index (χ4n) is 10.1. The molecule has 0 aromatic heterocycles. The number of unbranched alkanes of at least 4 members (excludes halogenated alkanes) is 4. The van der Waals surface area contributed by atoms with Gasteiger partial charge in [0, 0.05) is 38.0 Å². The van der Waals surface area contributed by atoms with E-state index in [1.807, 2.05) is 0 Å². The molecule has 33 heteroatoms. The monoisotopic (exact) mass is 1290 g/mol. The average Bonchev–Trinajstić information content (AvgIpc) is 1.27. The van der Waals surface area contributed by atoms with Gasteiger partial charge in [0.2, 0.25) is 53.2 Å². The van der Waals surface area contributed by atoms with E-state index in [9.17, 15) is 48.3 Å². The quantitative estimate of drug-likeness (QED) is 0.0164. The molecule has 1 saturated carbocycles. The lowest BCUT2D eigenvalue weighted by atomic mass is 9.85.